The summed E-state index contributed by atoms with van der Waals surface area (Å²) < 4.78 is 60.2. The lowest BCUT2D eigenvalue weighted by Gasteiger charge is -2.09. The first-order valence-corrected chi connectivity index (χ1v) is 6.84. The van der Waals surface area contributed by atoms with Gasteiger partial charge in [-0.2, -0.15) is 21.6 Å². The van der Waals surface area contributed by atoms with Gasteiger partial charge in [0.1, 0.15) is 6.21 Å². The maximum Gasteiger partial charge on any atom is 0.429 e. The van der Waals surface area contributed by atoms with Gasteiger partial charge in [0.2, 0.25) is 0 Å². The van der Waals surface area contributed by atoms with Crippen molar-refractivity contribution >= 4 is 39.5 Å². The summed E-state index contributed by atoms with van der Waals surface area (Å²) in [6.45, 7) is 0. The summed E-state index contributed by atoms with van der Waals surface area (Å²) in [4.78, 5) is 0. The van der Waals surface area contributed by atoms with Crippen LogP contribution in [0.4, 0.5) is 13.2 Å². The van der Waals surface area contributed by atoms with E-state index in [2.05, 4.69) is 9.44 Å². The molecule has 0 radical (unpaired) electrons. The third-order valence-electron chi connectivity index (χ3n) is 1.73. The van der Waals surface area contributed by atoms with E-state index in [1.807, 2.05) is 0 Å². The van der Waals surface area contributed by atoms with Crippen molar-refractivity contribution in [2.75, 3.05) is 0 Å². The van der Waals surface area contributed by atoms with E-state index in [0.717, 1.165) is 0 Å². The fraction of sp³-hybridized carbons (Fsp3) is 0.222. The third kappa shape index (κ3) is 5.25. The molecule has 1 rings (SSSR count). The second kappa shape index (κ2) is 5.98. The molecule has 0 amide bonds. The molecule has 0 aliphatic carbocycles. The van der Waals surface area contributed by atoms with Gasteiger partial charge in [-0.25, -0.2) is 0 Å². The van der Waals surface area contributed by atoms with Crippen LogP contribution in [-0.2, 0) is 14.4 Å². The molecule has 0 saturated carbocycles. The summed E-state index contributed by atoms with van der Waals surface area (Å²) in [5.74, 6) is 0. The van der Waals surface area contributed by atoms with Crippen molar-refractivity contribution in [3.8, 4) is 0 Å². The number of hydrogen-bond acceptors (Lipinski definition) is 4. The van der Waals surface area contributed by atoms with Crippen LogP contribution in [0.5, 0.6) is 0 Å². The molecule has 0 saturated heterocycles. The first-order chi connectivity index (χ1) is 8.62. The van der Waals surface area contributed by atoms with E-state index in [0.29, 0.717) is 5.02 Å². The van der Waals surface area contributed by atoms with Crippen LogP contribution < -0.4 is 0 Å². The molecule has 0 spiro atoms. The summed E-state index contributed by atoms with van der Waals surface area (Å²) in [5.41, 5.74) is 0.0910. The quantitative estimate of drug-likeness (QED) is 0.481. The Bertz CT molecular complexity index is 557. The molecule has 19 heavy (non-hydrogen) atoms. The summed E-state index contributed by atoms with van der Waals surface area (Å²) >= 11 is 11.2. The van der Waals surface area contributed by atoms with E-state index in [1.54, 1.807) is 0 Å². The maximum absolute atomic E-state index is 11.7. The molecule has 0 heterocycles. The molecule has 0 aromatic heterocycles. The summed E-state index contributed by atoms with van der Waals surface area (Å²) in [6, 6.07) is 5.35. The van der Waals surface area contributed by atoms with E-state index < -0.39 is 27.2 Å². The van der Waals surface area contributed by atoms with E-state index in [4.69, 9.17) is 23.2 Å². The zero-order valence-corrected chi connectivity index (χ0v) is 11.3. The maximum atomic E-state index is 11.7. The molecule has 0 bridgehead atoms. The van der Waals surface area contributed by atoms with Crippen LogP contribution in [0.1, 0.15) is 10.3 Å². The van der Waals surface area contributed by atoms with Crippen molar-refractivity contribution in [3.63, 3.8) is 0 Å². The van der Waals surface area contributed by atoms with Crippen LogP contribution in [-0.4, -0.2) is 20.8 Å². The Morgan fingerprint density at radius 1 is 1.26 bits per heavy atom. The molecule has 0 aliphatic heterocycles. The second-order valence-corrected chi connectivity index (χ2v) is 5.95. The molecule has 1 unspecified atom stereocenters. The highest BCUT2D eigenvalue weighted by atomic mass is 35.5. The summed E-state index contributed by atoms with van der Waals surface area (Å²) in [6.07, 6.45) is -5.38. The van der Waals surface area contributed by atoms with Crippen LogP contribution >= 0.6 is 23.2 Å². The Labute approximate surface area is 116 Å². The van der Waals surface area contributed by atoms with E-state index in [-0.39, 0.29) is 5.56 Å². The molecular weight excluding hydrogens is 330 g/mol. The van der Waals surface area contributed by atoms with Crippen molar-refractivity contribution in [1.82, 2.24) is 0 Å². The van der Waals surface area contributed by atoms with Crippen molar-refractivity contribution in [1.29, 1.82) is 0 Å². The molecule has 1 aromatic carbocycles. The summed E-state index contributed by atoms with van der Waals surface area (Å²) in [7, 11) is -4.52. The molecule has 1 aromatic rings. The first-order valence-electron chi connectivity index (χ1n) is 4.55. The third-order valence-corrected chi connectivity index (χ3v) is 3.96. The standard InChI is InChI=1S/C9H6Cl2F3NO3S/c10-7-3-1-6(2-4-7)8(11)19(16,17)18-15-5-9(12,13)14/h1-5,8H/b15-5+. The topological polar surface area (TPSA) is 55.7 Å². The molecular formula is C9H6Cl2F3NO3S. The smallest absolute Gasteiger partial charge is 0.267 e. The van der Waals surface area contributed by atoms with Crippen LogP contribution in [0.3, 0.4) is 0 Å². The van der Waals surface area contributed by atoms with Crippen molar-refractivity contribution in [2.45, 2.75) is 10.9 Å². The molecule has 4 nitrogen and oxygen atoms in total. The highest BCUT2D eigenvalue weighted by molar-refractivity contribution is 7.88. The minimum Gasteiger partial charge on any atom is -0.267 e. The zero-order chi connectivity index (χ0) is 14.7. The predicted octanol–water partition coefficient (Wildman–Crippen LogP) is 3.47. The van der Waals surface area contributed by atoms with Crippen LogP contribution in [0.15, 0.2) is 29.4 Å². The van der Waals surface area contributed by atoms with Gasteiger partial charge in [-0.05, 0) is 17.7 Å². The Morgan fingerprint density at radius 3 is 2.26 bits per heavy atom. The van der Waals surface area contributed by atoms with Gasteiger partial charge in [0.25, 0.3) is 0 Å². The number of hydrogen-bond donors (Lipinski definition) is 0. The number of halogens is 5. The molecule has 0 fully saturated rings. The SMILES string of the molecule is O=S(=O)(O/N=C/C(F)(F)F)C(Cl)c1ccc(Cl)cc1. The van der Waals surface area contributed by atoms with Gasteiger partial charge in [-0.1, -0.05) is 40.5 Å². The van der Waals surface area contributed by atoms with E-state index >= 15 is 0 Å². The van der Waals surface area contributed by atoms with E-state index in [1.165, 1.54) is 24.3 Å². The normalized spacial score (nSPS) is 14.6. The number of alkyl halides is 4. The predicted molar refractivity (Wildman–Crippen MR) is 64.6 cm³/mol. The number of nitrogens with zero attached hydrogens (tertiary/aromatic N) is 1. The highest BCUT2D eigenvalue weighted by Gasteiger charge is 2.29. The lowest BCUT2D eigenvalue weighted by molar-refractivity contribution is -0.0550. The lowest BCUT2D eigenvalue weighted by Crippen LogP contribution is -2.13. The average molecular weight is 336 g/mol. The lowest BCUT2D eigenvalue weighted by atomic mass is 10.2. The van der Waals surface area contributed by atoms with Crippen LogP contribution in [0.2, 0.25) is 5.02 Å². The van der Waals surface area contributed by atoms with Crippen molar-refractivity contribution in [2.24, 2.45) is 5.16 Å². The second-order valence-electron chi connectivity index (χ2n) is 3.21. The fourth-order valence-corrected chi connectivity index (χ4v) is 2.06. The summed E-state index contributed by atoms with van der Waals surface area (Å²) in [5, 5.41) is 2.68. The van der Waals surface area contributed by atoms with E-state index in [9.17, 15) is 21.6 Å². The Kier molecular flexibility index (Phi) is 5.05. The van der Waals surface area contributed by atoms with Gasteiger partial charge in [0.15, 0.2) is 4.71 Å². The monoisotopic (exact) mass is 335 g/mol. The number of benzene rings is 1. The Hall–Kier alpha value is -0.990. The van der Waals surface area contributed by atoms with Gasteiger partial charge in [-0.15, -0.1) is 0 Å². The minimum atomic E-state index is -4.78. The van der Waals surface area contributed by atoms with Gasteiger partial charge in [-0.3, -0.25) is 4.28 Å². The van der Waals surface area contributed by atoms with Gasteiger partial charge >= 0.3 is 16.3 Å². The molecule has 106 valence electrons. The zero-order valence-electron chi connectivity index (χ0n) is 8.93. The average Bonchev–Trinajstić information content (AvgIpc) is 2.27. The van der Waals surface area contributed by atoms with Crippen molar-refractivity contribution < 1.29 is 25.9 Å². The van der Waals surface area contributed by atoms with Crippen molar-refractivity contribution in [3.05, 3.63) is 34.9 Å². The van der Waals surface area contributed by atoms with Crippen LogP contribution in [0, 0.1) is 0 Å². The number of oxime groups is 1. The molecule has 0 aliphatic rings. The van der Waals surface area contributed by atoms with Gasteiger partial charge in [0, 0.05) is 5.02 Å². The Morgan fingerprint density at radius 2 is 1.79 bits per heavy atom. The number of rotatable bonds is 4. The van der Waals surface area contributed by atoms with Gasteiger partial charge < -0.3 is 0 Å². The van der Waals surface area contributed by atoms with Crippen LogP contribution in [0.25, 0.3) is 0 Å². The minimum absolute atomic E-state index is 0.0910. The fourth-order valence-electron chi connectivity index (χ4n) is 0.960. The molecule has 1 atom stereocenters. The first kappa shape index (κ1) is 16.1. The highest BCUT2D eigenvalue weighted by Crippen LogP contribution is 2.29. The molecule has 0 N–H and O–H groups in total. The largest absolute Gasteiger partial charge is 0.429 e. The van der Waals surface area contributed by atoms with Gasteiger partial charge in [0.05, 0.1) is 0 Å². The Balaban J connectivity index is 2.83. The molecule has 10 heteroatoms.